The van der Waals surface area contributed by atoms with Crippen LogP contribution in [0.3, 0.4) is 0 Å². The highest BCUT2D eigenvalue weighted by Gasteiger charge is 2.08. The standard InChI is InChI=1S/C9H14N2O/c1-4-5-11-8(3)9(6-12)7(2)10-11/h4,12H,1,5-6H2,2-3H3. The van der Waals surface area contributed by atoms with Gasteiger partial charge >= 0.3 is 0 Å². The third-order valence-electron chi connectivity index (χ3n) is 1.99. The molecular formula is C9H14N2O. The van der Waals surface area contributed by atoms with Gasteiger partial charge < -0.3 is 5.11 Å². The summed E-state index contributed by atoms with van der Waals surface area (Å²) in [4.78, 5) is 0. The Labute approximate surface area is 72.3 Å². The van der Waals surface area contributed by atoms with Crippen molar-refractivity contribution in [3.8, 4) is 0 Å². The lowest BCUT2D eigenvalue weighted by Gasteiger charge is -1.99. The topological polar surface area (TPSA) is 38.0 Å². The van der Waals surface area contributed by atoms with Crippen LogP contribution in [0, 0.1) is 13.8 Å². The minimum absolute atomic E-state index is 0.0643. The molecule has 0 aliphatic heterocycles. The molecule has 12 heavy (non-hydrogen) atoms. The van der Waals surface area contributed by atoms with E-state index in [0.29, 0.717) is 6.54 Å². The van der Waals surface area contributed by atoms with E-state index < -0.39 is 0 Å². The van der Waals surface area contributed by atoms with Crippen LogP contribution in [0.25, 0.3) is 0 Å². The van der Waals surface area contributed by atoms with Crippen LogP contribution in [0.5, 0.6) is 0 Å². The minimum Gasteiger partial charge on any atom is -0.392 e. The van der Waals surface area contributed by atoms with E-state index in [1.807, 2.05) is 18.5 Å². The van der Waals surface area contributed by atoms with Crippen LogP contribution in [0.15, 0.2) is 12.7 Å². The number of aromatic nitrogens is 2. The summed E-state index contributed by atoms with van der Waals surface area (Å²) in [5, 5.41) is 13.3. The molecule has 0 unspecified atom stereocenters. The Morgan fingerprint density at radius 1 is 1.58 bits per heavy atom. The summed E-state index contributed by atoms with van der Waals surface area (Å²) in [6.45, 7) is 8.26. The van der Waals surface area contributed by atoms with Gasteiger partial charge in [-0.25, -0.2) is 0 Å². The largest absolute Gasteiger partial charge is 0.392 e. The van der Waals surface area contributed by atoms with Crippen LogP contribution in [0.2, 0.25) is 0 Å². The smallest absolute Gasteiger partial charge is 0.0718 e. The number of allylic oxidation sites excluding steroid dienone is 1. The molecule has 0 spiro atoms. The Hall–Kier alpha value is -1.09. The Bertz CT molecular complexity index is 289. The van der Waals surface area contributed by atoms with E-state index in [4.69, 9.17) is 5.11 Å². The van der Waals surface area contributed by atoms with E-state index in [1.165, 1.54) is 0 Å². The van der Waals surface area contributed by atoms with Crippen molar-refractivity contribution in [3.05, 3.63) is 29.6 Å². The van der Waals surface area contributed by atoms with Crippen molar-refractivity contribution in [2.45, 2.75) is 27.0 Å². The summed E-state index contributed by atoms with van der Waals surface area (Å²) < 4.78 is 1.84. The molecule has 1 heterocycles. The van der Waals surface area contributed by atoms with E-state index in [2.05, 4.69) is 11.7 Å². The molecule has 3 nitrogen and oxygen atoms in total. The molecule has 1 rings (SSSR count). The van der Waals surface area contributed by atoms with Gasteiger partial charge in [-0.2, -0.15) is 5.10 Å². The van der Waals surface area contributed by atoms with E-state index in [0.717, 1.165) is 17.0 Å². The van der Waals surface area contributed by atoms with Crippen LogP contribution in [-0.4, -0.2) is 14.9 Å². The zero-order chi connectivity index (χ0) is 9.14. The third kappa shape index (κ3) is 1.41. The second-order valence-electron chi connectivity index (χ2n) is 2.78. The number of rotatable bonds is 3. The first-order chi connectivity index (χ1) is 5.70. The maximum atomic E-state index is 9.00. The summed E-state index contributed by atoms with van der Waals surface area (Å²) >= 11 is 0. The number of hydrogen-bond donors (Lipinski definition) is 1. The minimum atomic E-state index is 0.0643. The number of aryl methyl sites for hydroxylation is 1. The van der Waals surface area contributed by atoms with Crippen molar-refractivity contribution in [3.63, 3.8) is 0 Å². The second-order valence-corrected chi connectivity index (χ2v) is 2.78. The van der Waals surface area contributed by atoms with Gasteiger partial charge in [0.05, 0.1) is 18.8 Å². The maximum Gasteiger partial charge on any atom is 0.0718 e. The molecule has 0 amide bonds. The summed E-state index contributed by atoms with van der Waals surface area (Å²) in [5.41, 5.74) is 2.85. The first-order valence-electron chi connectivity index (χ1n) is 3.95. The van der Waals surface area contributed by atoms with Gasteiger partial charge in [0.1, 0.15) is 0 Å². The highest BCUT2D eigenvalue weighted by molar-refractivity contribution is 5.23. The quantitative estimate of drug-likeness (QED) is 0.685. The Morgan fingerprint density at radius 3 is 2.67 bits per heavy atom. The summed E-state index contributed by atoms with van der Waals surface area (Å²) in [6, 6.07) is 0. The Morgan fingerprint density at radius 2 is 2.25 bits per heavy atom. The number of aliphatic hydroxyl groups excluding tert-OH is 1. The lowest BCUT2D eigenvalue weighted by atomic mass is 10.2. The number of aliphatic hydroxyl groups is 1. The van der Waals surface area contributed by atoms with Crippen LogP contribution in [-0.2, 0) is 13.2 Å². The molecule has 1 aromatic heterocycles. The fourth-order valence-corrected chi connectivity index (χ4v) is 1.26. The van der Waals surface area contributed by atoms with Gasteiger partial charge in [0, 0.05) is 11.3 Å². The van der Waals surface area contributed by atoms with Crippen LogP contribution >= 0.6 is 0 Å². The van der Waals surface area contributed by atoms with Gasteiger partial charge in [-0.1, -0.05) is 6.08 Å². The van der Waals surface area contributed by atoms with Gasteiger partial charge in [0.15, 0.2) is 0 Å². The molecule has 0 radical (unpaired) electrons. The number of hydrogen-bond acceptors (Lipinski definition) is 2. The normalized spacial score (nSPS) is 10.2. The van der Waals surface area contributed by atoms with Gasteiger partial charge in [0.2, 0.25) is 0 Å². The highest BCUT2D eigenvalue weighted by Crippen LogP contribution is 2.12. The molecule has 1 aromatic rings. The van der Waals surface area contributed by atoms with Crippen molar-refractivity contribution in [2.75, 3.05) is 0 Å². The van der Waals surface area contributed by atoms with E-state index in [1.54, 1.807) is 6.08 Å². The molecule has 0 aromatic carbocycles. The van der Waals surface area contributed by atoms with Crippen molar-refractivity contribution in [2.24, 2.45) is 0 Å². The molecule has 3 heteroatoms. The average Bonchev–Trinajstić information content (AvgIpc) is 2.29. The van der Waals surface area contributed by atoms with Gasteiger partial charge in [-0.15, -0.1) is 6.58 Å². The number of nitrogens with zero attached hydrogens (tertiary/aromatic N) is 2. The molecular weight excluding hydrogens is 152 g/mol. The van der Waals surface area contributed by atoms with Crippen LogP contribution < -0.4 is 0 Å². The fraction of sp³-hybridized carbons (Fsp3) is 0.444. The summed E-state index contributed by atoms with van der Waals surface area (Å²) in [6.07, 6.45) is 1.79. The van der Waals surface area contributed by atoms with Crippen molar-refractivity contribution in [1.29, 1.82) is 0 Å². The van der Waals surface area contributed by atoms with Gasteiger partial charge in [0.25, 0.3) is 0 Å². The van der Waals surface area contributed by atoms with Crippen molar-refractivity contribution >= 4 is 0 Å². The predicted molar refractivity (Wildman–Crippen MR) is 47.8 cm³/mol. The Balaban J connectivity index is 3.07. The molecule has 0 aliphatic rings. The first kappa shape index (κ1) is 9.00. The summed E-state index contributed by atoms with van der Waals surface area (Å²) in [7, 11) is 0. The third-order valence-corrected chi connectivity index (χ3v) is 1.99. The first-order valence-corrected chi connectivity index (χ1v) is 3.95. The molecule has 0 bridgehead atoms. The molecule has 0 fully saturated rings. The second kappa shape index (κ2) is 3.54. The summed E-state index contributed by atoms with van der Waals surface area (Å²) in [5.74, 6) is 0. The Kier molecular flexibility index (Phi) is 2.65. The van der Waals surface area contributed by atoms with Crippen molar-refractivity contribution < 1.29 is 5.11 Å². The highest BCUT2D eigenvalue weighted by atomic mass is 16.3. The lowest BCUT2D eigenvalue weighted by molar-refractivity contribution is 0.280. The fourth-order valence-electron chi connectivity index (χ4n) is 1.26. The van der Waals surface area contributed by atoms with Crippen LogP contribution in [0.1, 0.15) is 17.0 Å². The molecule has 0 atom stereocenters. The monoisotopic (exact) mass is 166 g/mol. The van der Waals surface area contributed by atoms with Crippen molar-refractivity contribution in [1.82, 2.24) is 9.78 Å². The SMILES string of the molecule is C=CCn1nc(C)c(CO)c1C. The van der Waals surface area contributed by atoms with E-state index in [9.17, 15) is 0 Å². The predicted octanol–water partition coefficient (Wildman–Crippen LogP) is 1.18. The molecule has 0 aliphatic carbocycles. The van der Waals surface area contributed by atoms with E-state index >= 15 is 0 Å². The zero-order valence-corrected chi connectivity index (χ0v) is 7.54. The van der Waals surface area contributed by atoms with Gasteiger partial charge in [-0.05, 0) is 13.8 Å². The molecule has 0 saturated heterocycles. The lowest BCUT2D eigenvalue weighted by Crippen LogP contribution is -2.00. The average molecular weight is 166 g/mol. The van der Waals surface area contributed by atoms with Crippen LogP contribution in [0.4, 0.5) is 0 Å². The zero-order valence-electron chi connectivity index (χ0n) is 7.54. The maximum absolute atomic E-state index is 9.00. The molecule has 0 saturated carbocycles. The van der Waals surface area contributed by atoms with E-state index in [-0.39, 0.29) is 6.61 Å². The van der Waals surface area contributed by atoms with Gasteiger partial charge in [-0.3, -0.25) is 4.68 Å². The molecule has 1 N–H and O–H groups in total. The molecule has 66 valence electrons.